The van der Waals surface area contributed by atoms with E-state index in [4.69, 9.17) is 0 Å². The van der Waals surface area contributed by atoms with Gasteiger partial charge in [-0.3, -0.25) is 4.79 Å². The van der Waals surface area contributed by atoms with E-state index < -0.39 is 22.1 Å². The molecular formula is C13H24F2O2S. The van der Waals surface area contributed by atoms with Crippen LogP contribution in [-0.4, -0.2) is 27.5 Å². The van der Waals surface area contributed by atoms with Gasteiger partial charge in [0.05, 0.1) is 0 Å². The number of carboxylic acids is 1. The second-order valence-electron chi connectivity index (χ2n) is 5.75. The van der Waals surface area contributed by atoms with Crippen molar-refractivity contribution in [2.24, 2.45) is 5.41 Å². The van der Waals surface area contributed by atoms with Gasteiger partial charge in [-0.15, -0.1) is 11.8 Å². The molecule has 0 aliphatic carbocycles. The maximum atomic E-state index is 13.0. The monoisotopic (exact) mass is 282 g/mol. The zero-order chi connectivity index (χ0) is 14.6. The van der Waals surface area contributed by atoms with Crippen molar-refractivity contribution < 1.29 is 18.7 Å². The van der Waals surface area contributed by atoms with E-state index in [0.29, 0.717) is 12.2 Å². The lowest BCUT2D eigenvalue weighted by Crippen LogP contribution is -2.44. The van der Waals surface area contributed by atoms with Crippen LogP contribution in [0, 0.1) is 5.41 Å². The van der Waals surface area contributed by atoms with Gasteiger partial charge in [-0.05, 0) is 24.5 Å². The number of hydrogen-bond donors (Lipinski definition) is 1. The standard InChI is InChI=1S/C13H24F2O2S/c1-6-13(14,15)8-7-9-18-12(5,10(16)17)11(2,3)4/h6-9H2,1-5H3,(H,16,17). The smallest absolute Gasteiger partial charge is 0.320 e. The summed E-state index contributed by atoms with van der Waals surface area (Å²) >= 11 is 1.26. The van der Waals surface area contributed by atoms with Crippen LogP contribution in [0.25, 0.3) is 0 Å². The maximum absolute atomic E-state index is 13.0. The minimum atomic E-state index is -2.62. The zero-order valence-corrected chi connectivity index (χ0v) is 12.7. The summed E-state index contributed by atoms with van der Waals surface area (Å²) in [5, 5.41) is 9.30. The number of hydrogen-bond acceptors (Lipinski definition) is 2. The van der Waals surface area contributed by atoms with E-state index in [9.17, 15) is 18.7 Å². The number of rotatable bonds is 7. The fraction of sp³-hybridized carbons (Fsp3) is 0.923. The Morgan fingerprint density at radius 3 is 2.06 bits per heavy atom. The molecule has 0 aromatic heterocycles. The Balaban J connectivity index is 4.37. The molecule has 0 fully saturated rings. The molecule has 108 valence electrons. The molecule has 0 amide bonds. The summed E-state index contributed by atoms with van der Waals surface area (Å²) in [4.78, 5) is 11.3. The van der Waals surface area contributed by atoms with Crippen LogP contribution in [0.2, 0.25) is 0 Å². The van der Waals surface area contributed by atoms with Crippen LogP contribution in [0.3, 0.4) is 0 Å². The Bertz CT molecular complexity index is 287. The lowest BCUT2D eigenvalue weighted by molar-refractivity contribution is -0.142. The van der Waals surface area contributed by atoms with Crippen molar-refractivity contribution in [3.8, 4) is 0 Å². The highest BCUT2D eigenvalue weighted by molar-refractivity contribution is 8.01. The van der Waals surface area contributed by atoms with Gasteiger partial charge in [0.15, 0.2) is 0 Å². The van der Waals surface area contributed by atoms with Crippen LogP contribution < -0.4 is 0 Å². The highest BCUT2D eigenvalue weighted by Crippen LogP contribution is 2.42. The molecule has 0 aromatic carbocycles. The Morgan fingerprint density at radius 2 is 1.72 bits per heavy atom. The van der Waals surface area contributed by atoms with Gasteiger partial charge < -0.3 is 5.11 Å². The van der Waals surface area contributed by atoms with Crippen LogP contribution >= 0.6 is 11.8 Å². The van der Waals surface area contributed by atoms with E-state index in [1.807, 2.05) is 20.8 Å². The van der Waals surface area contributed by atoms with Crippen LogP contribution in [0.1, 0.15) is 53.9 Å². The Morgan fingerprint density at radius 1 is 1.22 bits per heavy atom. The molecular weight excluding hydrogens is 258 g/mol. The minimum absolute atomic E-state index is 0.160. The summed E-state index contributed by atoms with van der Waals surface area (Å²) < 4.78 is 25.1. The van der Waals surface area contributed by atoms with Crippen LogP contribution in [0.4, 0.5) is 8.78 Å². The highest BCUT2D eigenvalue weighted by atomic mass is 32.2. The van der Waals surface area contributed by atoms with E-state index in [1.54, 1.807) is 6.92 Å². The predicted octanol–water partition coefficient (Wildman–Crippen LogP) is 4.43. The molecule has 2 nitrogen and oxygen atoms in total. The summed E-state index contributed by atoms with van der Waals surface area (Å²) in [6.45, 7) is 8.69. The number of alkyl halides is 2. The number of halogens is 2. The average molecular weight is 282 g/mol. The topological polar surface area (TPSA) is 37.3 Å². The average Bonchev–Trinajstić information content (AvgIpc) is 2.22. The van der Waals surface area contributed by atoms with Gasteiger partial charge in [-0.2, -0.15) is 0 Å². The van der Waals surface area contributed by atoms with Crippen molar-refractivity contribution in [1.82, 2.24) is 0 Å². The first-order chi connectivity index (χ1) is 7.96. The van der Waals surface area contributed by atoms with E-state index in [0.717, 1.165) is 0 Å². The first kappa shape index (κ1) is 17.7. The third-order valence-corrected chi connectivity index (χ3v) is 5.29. The van der Waals surface area contributed by atoms with Gasteiger partial charge >= 0.3 is 5.97 Å². The second kappa shape index (κ2) is 6.22. The van der Waals surface area contributed by atoms with Crippen LogP contribution in [0.15, 0.2) is 0 Å². The third-order valence-electron chi connectivity index (χ3n) is 3.43. The molecule has 0 saturated heterocycles. The van der Waals surface area contributed by atoms with Gasteiger partial charge in [0.2, 0.25) is 5.92 Å². The normalized spacial score (nSPS) is 16.4. The van der Waals surface area contributed by atoms with Crippen molar-refractivity contribution in [1.29, 1.82) is 0 Å². The van der Waals surface area contributed by atoms with Crippen LogP contribution in [0.5, 0.6) is 0 Å². The zero-order valence-electron chi connectivity index (χ0n) is 11.8. The van der Waals surface area contributed by atoms with E-state index in [1.165, 1.54) is 18.7 Å². The Labute approximate surface area is 113 Å². The van der Waals surface area contributed by atoms with E-state index >= 15 is 0 Å². The summed E-state index contributed by atoms with van der Waals surface area (Å²) in [5.74, 6) is -3.07. The van der Waals surface area contributed by atoms with E-state index in [-0.39, 0.29) is 12.8 Å². The molecule has 0 saturated carbocycles. The van der Waals surface area contributed by atoms with Gasteiger partial charge in [-0.25, -0.2) is 8.78 Å². The van der Waals surface area contributed by atoms with Gasteiger partial charge in [0.1, 0.15) is 4.75 Å². The van der Waals surface area contributed by atoms with Crippen molar-refractivity contribution in [2.75, 3.05) is 5.75 Å². The van der Waals surface area contributed by atoms with Crippen molar-refractivity contribution in [2.45, 2.75) is 64.6 Å². The molecule has 1 unspecified atom stereocenters. The molecule has 1 N–H and O–H groups in total. The second-order valence-corrected chi connectivity index (χ2v) is 7.26. The number of carboxylic acid groups (broad SMARTS) is 1. The molecule has 0 aliphatic rings. The molecule has 0 spiro atoms. The first-order valence-electron chi connectivity index (χ1n) is 6.21. The van der Waals surface area contributed by atoms with Crippen molar-refractivity contribution in [3.05, 3.63) is 0 Å². The van der Waals surface area contributed by atoms with Gasteiger partial charge in [0.25, 0.3) is 0 Å². The van der Waals surface area contributed by atoms with E-state index in [2.05, 4.69) is 0 Å². The minimum Gasteiger partial charge on any atom is -0.480 e. The lowest BCUT2D eigenvalue weighted by Gasteiger charge is -2.37. The molecule has 1 atom stereocenters. The molecule has 0 aromatic rings. The number of thioether (sulfide) groups is 1. The fourth-order valence-corrected chi connectivity index (χ4v) is 2.64. The molecule has 5 heteroatoms. The third kappa shape index (κ3) is 4.75. The summed E-state index contributed by atoms with van der Waals surface area (Å²) in [5.41, 5.74) is -0.420. The van der Waals surface area contributed by atoms with Gasteiger partial charge in [0, 0.05) is 12.8 Å². The summed E-state index contributed by atoms with van der Waals surface area (Å²) in [7, 11) is 0. The largest absolute Gasteiger partial charge is 0.480 e. The van der Waals surface area contributed by atoms with Crippen molar-refractivity contribution >= 4 is 17.7 Å². The molecule has 0 rings (SSSR count). The first-order valence-corrected chi connectivity index (χ1v) is 7.20. The molecule has 0 aliphatic heterocycles. The summed E-state index contributed by atoms with van der Waals surface area (Å²) in [6.07, 6.45) is 0.00787. The quantitative estimate of drug-likeness (QED) is 0.702. The molecule has 0 heterocycles. The van der Waals surface area contributed by atoms with Crippen LogP contribution in [-0.2, 0) is 4.79 Å². The number of carbonyl (C=O) groups is 1. The molecule has 0 radical (unpaired) electrons. The van der Waals surface area contributed by atoms with Crippen molar-refractivity contribution in [3.63, 3.8) is 0 Å². The number of aliphatic carboxylic acids is 1. The fourth-order valence-electron chi connectivity index (χ4n) is 1.38. The summed E-state index contributed by atoms with van der Waals surface area (Å²) in [6, 6.07) is 0. The molecule has 0 bridgehead atoms. The predicted molar refractivity (Wildman–Crippen MR) is 72.4 cm³/mol. The maximum Gasteiger partial charge on any atom is 0.320 e. The lowest BCUT2D eigenvalue weighted by atomic mass is 9.81. The van der Waals surface area contributed by atoms with Gasteiger partial charge in [-0.1, -0.05) is 27.7 Å². The highest BCUT2D eigenvalue weighted by Gasteiger charge is 2.44. The SMILES string of the molecule is CCC(F)(F)CCCSC(C)(C(=O)O)C(C)(C)C. The Kier molecular flexibility index (Phi) is 6.11. The molecule has 18 heavy (non-hydrogen) atoms. The Hall–Kier alpha value is -0.320.